The number of hydrogen-bond donors (Lipinski definition) is 2. The van der Waals surface area contributed by atoms with Crippen LogP contribution in [0.3, 0.4) is 0 Å². The molecular weight excluding hydrogens is 268 g/mol. The minimum Gasteiger partial charge on any atom is -0.396 e. The third-order valence-electron chi connectivity index (χ3n) is 3.61. The summed E-state index contributed by atoms with van der Waals surface area (Å²) in [6, 6.07) is 1.73. The van der Waals surface area contributed by atoms with Gasteiger partial charge in [-0.25, -0.2) is 0 Å². The second kappa shape index (κ2) is 7.77. The summed E-state index contributed by atoms with van der Waals surface area (Å²) in [6.07, 6.45) is 5.25. The molecule has 1 aromatic rings. The average Bonchev–Trinajstić information content (AvgIpc) is 2.55. The first kappa shape index (κ1) is 15.5. The Morgan fingerprint density at radius 2 is 2.10 bits per heavy atom. The van der Waals surface area contributed by atoms with E-state index in [1.165, 1.54) is 0 Å². The van der Waals surface area contributed by atoms with Crippen molar-refractivity contribution < 1.29 is 15.0 Å². The van der Waals surface area contributed by atoms with Crippen molar-refractivity contribution in [3.63, 3.8) is 0 Å². The highest BCUT2D eigenvalue weighted by Crippen LogP contribution is 2.18. The molecule has 112 valence electrons. The van der Waals surface area contributed by atoms with Gasteiger partial charge in [0.25, 0.3) is 5.91 Å². The van der Waals surface area contributed by atoms with E-state index in [4.69, 9.17) is 10.2 Å². The zero-order valence-electron chi connectivity index (χ0n) is 12.0. The van der Waals surface area contributed by atoms with Crippen LogP contribution in [-0.2, 0) is 0 Å². The second-order valence-corrected chi connectivity index (χ2v) is 5.16. The second-order valence-electron chi connectivity index (χ2n) is 5.16. The first-order valence-corrected chi connectivity index (χ1v) is 7.19. The fourth-order valence-electron chi connectivity index (χ4n) is 2.35. The van der Waals surface area contributed by atoms with E-state index in [9.17, 15) is 4.79 Å². The van der Waals surface area contributed by atoms with Crippen LogP contribution in [0.4, 0.5) is 0 Å². The number of amides is 1. The van der Waals surface area contributed by atoms with Gasteiger partial charge in [-0.15, -0.1) is 0 Å². The summed E-state index contributed by atoms with van der Waals surface area (Å²) in [5.74, 6) is 5.97. The maximum atomic E-state index is 12.4. The molecule has 1 aliphatic heterocycles. The molecule has 5 heteroatoms. The molecule has 1 aromatic heterocycles. The van der Waals surface area contributed by atoms with Crippen LogP contribution in [0, 0.1) is 17.8 Å². The quantitative estimate of drug-likeness (QED) is 0.801. The van der Waals surface area contributed by atoms with Gasteiger partial charge in [-0.2, -0.15) is 0 Å². The molecule has 0 radical (unpaired) electrons. The summed E-state index contributed by atoms with van der Waals surface area (Å²) in [7, 11) is 0. The lowest BCUT2D eigenvalue weighted by molar-refractivity contribution is 0.0650. The van der Waals surface area contributed by atoms with Crippen LogP contribution in [0.25, 0.3) is 0 Å². The first-order valence-electron chi connectivity index (χ1n) is 7.19. The van der Waals surface area contributed by atoms with Gasteiger partial charge in [-0.1, -0.05) is 11.8 Å². The molecule has 1 fully saturated rings. The zero-order chi connectivity index (χ0) is 15.1. The van der Waals surface area contributed by atoms with Crippen LogP contribution in [0.2, 0.25) is 0 Å². The molecule has 2 heterocycles. The molecule has 1 amide bonds. The molecule has 5 nitrogen and oxygen atoms in total. The highest BCUT2D eigenvalue weighted by molar-refractivity contribution is 5.94. The smallest absolute Gasteiger partial charge is 0.255 e. The Labute approximate surface area is 124 Å². The Kier molecular flexibility index (Phi) is 5.73. The molecule has 0 unspecified atom stereocenters. The van der Waals surface area contributed by atoms with E-state index < -0.39 is 0 Å². The molecule has 1 aliphatic rings. The minimum atomic E-state index is -0.0373. The summed E-state index contributed by atoms with van der Waals surface area (Å²) >= 11 is 0. The molecule has 2 rings (SSSR count). The monoisotopic (exact) mass is 288 g/mol. The van der Waals surface area contributed by atoms with Crippen molar-refractivity contribution in [2.45, 2.75) is 19.3 Å². The molecule has 0 aromatic carbocycles. The van der Waals surface area contributed by atoms with E-state index in [1.807, 2.05) is 0 Å². The van der Waals surface area contributed by atoms with Gasteiger partial charge in [0, 0.05) is 44.1 Å². The number of nitrogens with zero attached hydrogens (tertiary/aromatic N) is 2. The average molecular weight is 288 g/mol. The standard InChI is InChI=1S/C16H20N2O3/c19-8-2-1-3-14-9-15(11-17-10-14)16(21)18-6-4-13(12-20)5-7-18/h9-11,13,19-20H,2,4-8,12H2. The molecule has 0 atom stereocenters. The molecule has 0 aliphatic carbocycles. The topological polar surface area (TPSA) is 73.7 Å². The van der Waals surface area contributed by atoms with E-state index in [2.05, 4.69) is 16.8 Å². The van der Waals surface area contributed by atoms with Crippen molar-refractivity contribution in [3.05, 3.63) is 29.6 Å². The van der Waals surface area contributed by atoms with Crippen LogP contribution in [0.5, 0.6) is 0 Å². The first-order chi connectivity index (χ1) is 10.2. The third-order valence-corrected chi connectivity index (χ3v) is 3.61. The normalized spacial score (nSPS) is 15.4. The number of aliphatic hydroxyl groups is 2. The Morgan fingerprint density at radius 1 is 1.33 bits per heavy atom. The summed E-state index contributed by atoms with van der Waals surface area (Å²) in [5.41, 5.74) is 1.22. The summed E-state index contributed by atoms with van der Waals surface area (Å²) in [4.78, 5) is 18.3. The predicted molar refractivity (Wildman–Crippen MR) is 78.5 cm³/mol. The lowest BCUT2D eigenvalue weighted by Gasteiger charge is -2.31. The van der Waals surface area contributed by atoms with Gasteiger partial charge in [0.2, 0.25) is 0 Å². The molecule has 2 N–H and O–H groups in total. The largest absolute Gasteiger partial charge is 0.396 e. The maximum absolute atomic E-state index is 12.4. The molecule has 0 bridgehead atoms. The van der Waals surface area contributed by atoms with Crippen molar-refractivity contribution in [2.24, 2.45) is 5.92 Å². The van der Waals surface area contributed by atoms with Gasteiger partial charge >= 0.3 is 0 Å². The number of rotatable bonds is 3. The fourth-order valence-corrected chi connectivity index (χ4v) is 2.35. The van der Waals surface area contributed by atoms with Gasteiger partial charge in [-0.3, -0.25) is 9.78 Å². The Bertz CT molecular complexity index is 540. The number of hydrogen-bond acceptors (Lipinski definition) is 4. The lowest BCUT2D eigenvalue weighted by Crippen LogP contribution is -2.39. The molecule has 21 heavy (non-hydrogen) atoms. The van der Waals surface area contributed by atoms with E-state index in [-0.39, 0.29) is 19.1 Å². The highest BCUT2D eigenvalue weighted by Gasteiger charge is 2.23. The number of carbonyl (C=O) groups excluding carboxylic acids is 1. The van der Waals surface area contributed by atoms with Crippen LogP contribution < -0.4 is 0 Å². The Balaban J connectivity index is 2.03. The summed E-state index contributed by atoms with van der Waals surface area (Å²) in [6.45, 7) is 1.56. The van der Waals surface area contributed by atoms with Crippen LogP contribution in [0.1, 0.15) is 35.2 Å². The van der Waals surface area contributed by atoms with Crippen LogP contribution in [0.15, 0.2) is 18.5 Å². The molecule has 0 spiro atoms. The van der Waals surface area contributed by atoms with Gasteiger partial charge in [0.05, 0.1) is 12.2 Å². The summed E-state index contributed by atoms with van der Waals surface area (Å²) in [5, 5.41) is 17.8. The number of likely N-dealkylation sites (tertiary alicyclic amines) is 1. The van der Waals surface area contributed by atoms with Gasteiger partial charge in [-0.05, 0) is 24.8 Å². The van der Waals surface area contributed by atoms with E-state index in [0.29, 0.717) is 36.6 Å². The van der Waals surface area contributed by atoms with E-state index >= 15 is 0 Å². The number of aromatic nitrogens is 1. The number of pyridine rings is 1. The van der Waals surface area contributed by atoms with Crippen molar-refractivity contribution in [2.75, 3.05) is 26.3 Å². The zero-order valence-corrected chi connectivity index (χ0v) is 12.0. The van der Waals surface area contributed by atoms with Gasteiger partial charge in [0.15, 0.2) is 0 Å². The Hall–Kier alpha value is -1.90. The molecule has 1 saturated heterocycles. The van der Waals surface area contributed by atoms with Gasteiger partial charge in [0.1, 0.15) is 0 Å². The molecule has 0 saturated carbocycles. The van der Waals surface area contributed by atoms with E-state index in [0.717, 1.165) is 12.8 Å². The van der Waals surface area contributed by atoms with Crippen molar-refractivity contribution in [1.82, 2.24) is 9.88 Å². The number of aliphatic hydroxyl groups excluding tert-OH is 2. The number of carbonyl (C=O) groups is 1. The van der Waals surface area contributed by atoms with Crippen molar-refractivity contribution in [3.8, 4) is 11.8 Å². The maximum Gasteiger partial charge on any atom is 0.255 e. The van der Waals surface area contributed by atoms with Gasteiger partial charge < -0.3 is 15.1 Å². The minimum absolute atomic E-state index is 0.0266. The lowest BCUT2D eigenvalue weighted by atomic mass is 9.97. The third kappa shape index (κ3) is 4.28. The molecular formula is C16H20N2O3. The SMILES string of the molecule is O=C(c1cncc(C#CCCO)c1)N1CCC(CO)CC1. The number of piperidine rings is 1. The van der Waals surface area contributed by atoms with Crippen molar-refractivity contribution >= 4 is 5.91 Å². The summed E-state index contributed by atoms with van der Waals surface area (Å²) < 4.78 is 0. The van der Waals surface area contributed by atoms with Crippen molar-refractivity contribution in [1.29, 1.82) is 0 Å². The highest BCUT2D eigenvalue weighted by atomic mass is 16.3. The fraction of sp³-hybridized carbons (Fsp3) is 0.500. The van der Waals surface area contributed by atoms with Crippen LogP contribution in [-0.4, -0.2) is 52.3 Å². The predicted octanol–water partition coefficient (Wildman–Crippen LogP) is 0.660. The van der Waals surface area contributed by atoms with E-state index in [1.54, 1.807) is 23.4 Å². The van der Waals surface area contributed by atoms with Crippen LogP contribution >= 0.6 is 0 Å². The Morgan fingerprint density at radius 3 is 2.76 bits per heavy atom.